The smallest absolute Gasteiger partial charge is 0.225 e. The lowest BCUT2D eigenvalue weighted by molar-refractivity contribution is -0.116. The highest BCUT2D eigenvalue weighted by atomic mass is 35.5. The number of aliphatic hydroxyl groups excluding tert-OH is 1. The molecule has 0 saturated heterocycles. The third-order valence-electron chi connectivity index (χ3n) is 5.38. The summed E-state index contributed by atoms with van der Waals surface area (Å²) in [5.41, 5.74) is 1.85. The Kier molecular flexibility index (Phi) is 10.2. The van der Waals surface area contributed by atoms with Crippen LogP contribution in [0.25, 0.3) is 0 Å². The van der Waals surface area contributed by atoms with Crippen molar-refractivity contribution in [1.82, 2.24) is 4.90 Å². The van der Waals surface area contributed by atoms with Crippen LogP contribution in [-0.2, 0) is 4.79 Å². The van der Waals surface area contributed by atoms with Gasteiger partial charge in [-0.25, -0.2) is 0 Å². The molecule has 0 saturated carbocycles. The van der Waals surface area contributed by atoms with Crippen LogP contribution in [0, 0.1) is 0 Å². The summed E-state index contributed by atoms with van der Waals surface area (Å²) in [5.74, 6) is 1.49. The lowest BCUT2D eigenvalue weighted by atomic mass is 10.1. The van der Waals surface area contributed by atoms with E-state index in [1.54, 1.807) is 25.8 Å². The molecule has 0 bridgehead atoms. The van der Waals surface area contributed by atoms with Crippen LogP contribution in [0.4, 0.5) is 5.69 Å². The molecule has 8 heteroatoms. The third kappa shape index (κ3) is 6.10. The van der Waals surface area contributed by atoms with Crippen LogP contribution < -0.4 is 14.4 Å². The van der Waals surface area contributed by atoms with Crippen LogP contribution in [0.2, 0.25) is 0 Å². The molecule has 2 aromatic carbocycles. The molecule has 1 atom stereocenters. The first-order chi connectivity index (χ1) is 15.0. The predicted molar refractivity (Wildman–Crippen MR) is 132 cm³/mol. The summed E-state index contributed by atoms with van der Waals surface area (Å²) in [5, 5.41) is 9.05. The van der Waals surface area contributed by atoms with E-state index in [0.29, 0.717) is 19.2 Å². The molecule has 0 fully saturated rings. The van der Waals surface area contributed by atoms with Gasteiger partial charge in [0.2, 0.25) is 5.91 Å². The van der Waals surface area contributed by atoms with E-state index in [1.807, 2.05) is 47.4 Å². The van der Waals surface area contributed by atoms with Gasteiger partial charge in [0, 0.05) is 36.5 Å². The SMILES string of the molecule is COc1ccc(OCCCN(CCO)C(C)C)c(C2Sc3ccccc3N2C(C)=O)c1.Cl. The number of para-hydroxylation sites is 1. The van der Waals surface area contributed by atoms with Crippen molar-refractivity contribution in [2.75, 3.05) is 38.3 Å². The van der Waals surface area contributed by atoms with Gasteiger partial charge in [-0.2, -0.15) is 0 Å². The first kappa shape index (κ1) is 26.3. The molecule has 32 heavy (non-hydrogen) atoms. The first-order valence-electron chi connectivity index (χ1n) is 10.7. The molecule has 1 heterocycles. The van der Waals surface area contributed by atoms with Gasteiger partial charge in [0.25, 0.3) is 0 Å². The van der Waals surface area contributed by atoms with Gasteiger partial charge in [0.05, 0.1) is 26.0 Å². The highest BCUT2D eigenvalue weighted by molar-refractivity contribution is 8.00. The van der Waals surface area contributed by atoms with E-state index in [9.17, 15) is 9.90 Å². The fraction of sp³-hybridized carbons (Fsp3) is 0.458. The molecule has 0 aliphatic carbocycles. The number of fused-ring (bicyclic) bond motifs is 1. The number of carbonyl (C=O) groups excluding carboxylic acids is 1. The molecular weight excluding hydrogens is 448 g/mol. The van der Waals surface area contributed by atoms with Gasteiger partial charge < -0.3 is 14.6 Å². The lowest BCUT2D eigenvalue weighted by Gasteiger charge is -2.27. The van der Waals surface area contributed by atoms with Crippen molar-refractivity contribution in [3.05, 3.63) is 48.0 Å². The fourth-order valence-corrected chi connectivity index (χ4v) is 5.14. The Balaban J connectivity index is 0.00000363. The molecule has 0 radical (unpaired) electrons. The number of thioether (sulfide) groups is 1. The summed E-state index contributed by atoms with van der Waals surface area (Å²) in [6.45, 7) is 8.08. The van der Waals surface area contributed by atoms with Crippen molar-refractivity contribution >= 4 is 35.8 Å². The zero-order valence-electron chi connectivity index (χ0n) is 19.1. The van der Waals surface area contributed by atoms with Crippen molar-refractivity contribution in [2.45, 2.75) is 43.5 Å². The Hall–Kier alpha value is -1.93. The fourth-order valence-electron chi connectivity index (χ4n) is 3.78. The van der Waals surface area contributed by atoms with Crippen LogP contribution in [-0.4, -0.2) is 55.4 Å². The molecule has 1 unspecified atom stereocenters. The average Bonchev–Trinajstić information content (AvgIpc) is 3.15. The average molecular weight is 481 g/mol. The number of nitrogens with zero attached hydrogens (tertiary/aromatic N) is 2. The molecule has 0 aromatic heterocycles. The Morgan fingerprint density at radius 1 is 1.22 bits per heavy atom. The number of halogens is 1. The second-order valence-electron chi connectivity index (χ2n) is 7.79. The number of anilines is 1. The normalized spacial score (nSPS) is 15.0. The minimum absolute atomic E-state index is 0. The minimum atomic E-state index is -0.207. The second kappa shape index (κ2) is 12.3. The zero-order valence-corrected chi connectivity index (χ0v) is 20.7. The molecule has 6 nitrogen and oxygen atoms in total. The predicted octanol–water partition coefficient (Wildman–Crippen LogP) is 4.75. The monoisotopic (exact) mass is 480 g/mol. The number of rotatable bonds is 10. The zero-order chi connectivity index (χ0) is 22.4. The molecule has 1 N–H and O–H groups in total. The van der Waals surface area contributed by atoms with Crippen molar-refractivity contribution in [2.24, 2.45) is 0 Å². The maximum Gasteiger partial charge on any atom is 0.225 e. The standard InChI is InChI=1S/C24H32N2O4S.ClH/c1-17(2)25(13-14-27)12-7-15-30-22-11-10-19(29-4)16-20(22)24-26(18(3)28)21-8-5-6-9-23(21)31-24;/h5-6,8-11,16-17,24,27H,7,12-15H2,1-4H3;1H. The summed E-state index contributed by atoms with van der Waals surface area (Å²) in [4.78, 5) is 17.7. The van der Waals surface area contributed by atoms with Gasteiger partial charge in [-0.05, 0) is 50.6 Å². The number of hydrogen-bond acceptors (Lipinski definition) is 6. The van der Waals surface area contributed by atoms with Crippen molar-refractivity contribution in [3.63, 3.8) is 0 Å². The van der Waals surface area contributed by atoms with Crippen LogP contribution in [0.1, 0.15) is 38.1 Å². The summed E-state index contributed by atoms with van der Waals surface area (Å²) >= 11 is 1.65. The van der Waals surface area contributed by atoms with Crippen molar-refractivity contribution in [3.8, 4) is 11.5 Å². The van der Waals surface area contributed by atoms with Gasteiger partial charge >= 0.3 is 0 Å². The number of amides is 1. The number of aliphatic hydroxyl groups is 1. The maximum atomic E-state index is 12.5. The minimum Gasteiger partial charge on any atom is -0.497 e. The summed E-state index contributed by atoms with van der Waals surface area (Å²) in [7, 11) is 1.64. The van der Waals surface area contributed by atoms with Gasteiger partial charge in [-0.15, -0.1) is 12.4 Å². The highest BCUT2D eigenvalue weighted by Crippen LogP contribution is 2.53. The largest absolute Gasteiger partial charge is 0.497 e. The van der Waals surface area contributed by atoms with E-state index in [0.717, 1.165) is 40.6 Å². The van der Waals surface area contributed by atoms with Gasteiger partial charge in [-0.1, -0.05) is 23.9 Å². The quantitative estimate of drug-likeness (QED) is 0.495. The van der Waals surface area contributed by atoms with Gasteiger partial charge in [-0.3, -0.25) is 14.6 Å². The van der Waals surface area contributed by atoms with Crippen LogP contribution >= 0.6 is 24.2 Å². The molecule has 1 aliphatic heterocycles. The van der Waals surface area contributed by atoms with Crippen LogP contribution in [0.15, 0.2) is 47.4 Å². The molecule has 1 aliphatic rings. The second-order valence-corrected chi connectivity index (χ2v) is 8.91. The number of benzene rings is 2. The topological polar surface area (TPSA) is 62.2 Å². The van der Waals surface area contributed by atoms with Crippen molar-refractivity contribution < 1.29 is 19.4 Å². The van der Waals surface area contributed by atoms with Crippen LogP contribution in [0.3, 0.4) is 0 Å². The lowest BCUT2D eigenvalue weighted by Crippen LogP contribution is -2.35. The van der Waals surface area contributed by atoms with Gasteiger partial charge in [0.1, 0.15) is 16.9 Å². The molecule has 1 amide bonds. The Morgan fingerprint density at radius 3 is 2.62 bits per heavy atom. The molecule has 0 spiro atoms. The van der Waals surface area contributed by atoms with Crippen LogP contribution in [0.5, 0.6) is 11.5 Å². The van der Waals surface area contributed by atoms with E-state index in [-0.39, 0.29) is 30.3 Å². The van der Waals surface area contributed by atoms with E-state index < -0.39 is 0 Å². The highest BCUT2D eigenvalue weighted by Gasteiger charge is 2.35. The Bertz CT molecular complexity index is 896. The summed E-state index contributed by atoms with van der Waals surface area (Å²) < 4.78 is 11.6. The third-order valence-corrected chi connectivity index (χ3v) is 6.67. The van der Waals surface area contributed by atoms with E-state index in [2.05, 4.69) is 18.7 Å². The van der Waals surface area contributed by atoms with E-state index >= 15 is 0 Å². The number of methoxy groups -OCH3 is 1. The van der Waals surface area contributed by atoms with E-state index in [1.165, 1.54) is 0 Å². The summed E-state index contributed by atoms with van der Waals surface area (Å²) in [6.07, 6.45) is 0.845. The van der Waals surface area contributed by atoms with E-state index in [4.69, 9.17) is 9.47 Å². The van der Waals surface area contributed by atoms with Gasteiger partial charge in [0.15, 0.2) is 0 Å². The molecule has 176 valence electrons. The number of hydrogen-bond donors (Lipinski definition) is 1. The molecule has 2 aromatic rings. The molecular formula is C24H33ClN2O4S. The summed E-state index contributed by atoms with van der Waals surface area (Å²) in [6, 6.07) is 14.1. The Morgan fingerprint density at radius 2 is 1.97 bits per heavy atom. The van der Waals surface area contributed by atoms with Crippen molar-refractivity contribution in [1.29, 1.82) is 0 Å². The number of ether oxygens (including phenoxy) is 2. The maximum absolute atomic E-state index is 12.5. The first-order valence-corrected chi connectivity index (χ1v) is 11.5. The Labute approximate surface area is 201 Å². The molecule has 3 rings (SSSR count). The number of carbonyl (C=O) groups is 1.